The van der Waals surface area contributed by atoms with E-state index in [-0.39, 0.29) is 36.6 Å². The van der Waals surface area contributed by atoms with Gasteiger partial charge in [0.1, 0.15) is 17.3 Å². The Hall–Kier alpha value is -3.96. The predicted molar refractivity (Wildman–Crippen MR) is 169 cm³/mol. The molecule has 6 nitrogen and oxygen atoms in total. The van der Waals surface area contributed by atoms with Crippen LogP contribution in [0.1, 0.15) is 23.2 Å². The van der Waals surface area contributed by atoms with Gasteiger partial charge in [-0.2, -0.15) is 0 Å². The minimum atomic E-state index is -0.529. The summed E-state index contributed by atoms with van der Waals surface area (Å²) in [5.41, 5.74) is 4.00. The lowest BCUT2D eigenvalue weighted by atomic mass is 10.0. The molecule has 0 atom stereocenters. The zero-order valence-corrected chi connectivity index (χ0v) is 25.1. The summed E-state index contributed by atoms with van der Waals surface area (Å²) < 4.78 is 40.1. The summed E-state index contributed by atoms with van der Waals surface area (Å²) in [4.78, 5) is 22.9. The number of ether oxygens (including phenoxy) is 2. The van der Waals surface area contributed by atoms with E-state index in [0.29, 0.717) is 29.3 Å². The van der Waals surface area contributed by atoms with Crippen LogP contribution in [0.25, 0.3) is 20.7 Å². The Morgan fingerprint density at radius 1 is 0.953 bits per heavy atom. The number of fused-ring (bicyclic) bond motifs is 1. The maximum atomic E-state index is 15.1. The molecule has 0 saturated heterocycles. The van der Waals surface area contributed by atoms with Gasteiger partial charge in [-0.3, -0.25) is 14.8 Å². The van der Waals surface area contributed by atoms with E-state index in [0.717, 1.165) is 38.5 Å². The van der Waals surface area contributed by atoms with E-state index in [1.807, 2.05) is 24.4 Å². The van der Waals surface area contributed by atoms with Crippen LogP contribution in [-0.4, -0.2) is 40.9 Å². The molecule has 220 valence electrons. The van der Waals surface area contributed by atoms with E-state index in [1.54, 1.807) is 43.6 Å². The fourth-order valence-electron chi connectivity index (χ4n) is 4.46. The molecule has 43 heavy (non-hydrogen) atoms. The lowest BCUT2D eigenvalue weighted by Crippen LogP contribution is -2.19. The largest absolute Gasteiger partial charge is 0.453 e. The Labute approximate surface area is 257 Å². The quantitative estimate of drug-likeness (QED) is 0.104. The fourth-order valence-corrected chi connectivity index (χ4v) is 5.84. The molecule has 1 N–H and O–H groups in total. The van der Waals surface area contributed by atoms with Crippen LogP contribution in [0.4, 0.5) is 8.78 Å². The Morgan fingerprint density at radius 2 is 1.77 bits per heavy atom. The molecule has 0 aliphatic carbocycles. The van der Waals surface area contributed by atoms with Gasteiger partial charge in [0.15, 0.2) is 11.6 Å². The molecule has 0 radical (unpaired) electrons. The number of nitrogens with zero attached hydrogens (tertiary/aromatic N) is 2. The zero-order valence-electron chi connectivity index (χ0n) is 23.4. The number of thiocarbonyl (C=S) groups is 1. The number of rotatable bonds is 14. The van der Waals surface area contributed by atoms with Crippen LogP contribution < -0.4 is 10.1 Å². The average Bonchev–Trinajstić information content (AvgIpc) is 3.44. The summed E-state index contributed by atoms with van der Waals surface area (Å²) in [6.07, 6.45) is 4.00. The average molecular weight is 618 g/mol. The molecule has 0 saturated carbocycles. The number of hydrogen-bond acceptors (Lipinski definition) is 8. The third-order valence-electron chi connectivity index (χ3n) is 6.60. The van der Waals surface area contributed by atoms with Crippen molar-refractivity contribution < 1.29 is 23.0 Å². The number of benzene rings is 2. The second kappa shape index (κ2) is 14.5. The van der Waals surface area contributed by atoms with Crippen LogP contribution in [0.15, 0.2) is 79.1 Å². The van der Waals surface area contributed by atoms with Gasteiger partial charge in [0.25, 0.3) is 0 Å². The summed E-state index contributed by atoms with van der Waals surface area (Å²) >= 11 is 6.91. The van der Waals surface area contributed by atoms with Crippen LogP contribution in [0.3, 0.4) is 0 Å². The monoisotopic (exact) mass is 617 g/mol. The normalized spacial score (nSPS) is 11.1. The van der Waals surface area contributed by atoms with Gasteiger partial charge in [-0.05, 0) is 47.5 Å². The number of halogens is 2. The predicted octanol–water partition coefficient (Wildman–Crippen LogP) is 7.28. The third-order valence-corrected chi connectivity index (χ3v) is 8.08. The molecule has 0 amide bonds. The summed E-state index contributed by atoms with van der Waals surface area (Å²) in [5.74, 6) is -0.371. The number of carbonyl (C=O) groups excluding carboxylic acids is 1. The van der Waals surface area contributed by atoms with E-state index < -0.39 is 5.82 Å². The molecule has 0 spiro atoms. The summed E-state index contributed by atoms with van der Waals surface area (Å²) in [6.45, 7) is 2.05. The van der Waals surface area contributed by atoms with Crippen LogP contribution in [0.5, 0.6) is 11.5 Å². The first-order valence-corrected chi connectivity index (χ1v) is 14.9. The topological polar surface area (TPSA) is 73.3 Å². The van der Waals surface area contributed by atoms with E-state index >= 15 is 4.39 Å². The Morgan fingerprint density at radius 3 is 2.51 bits per heavy atom. The van der Waals surface area contributed by atoms with Gasteiger partial charge in [-0.15, -0.1) is 11.3 Å². The van der Waals surface area contributed by atoms with Gasteiger partial charge in [0.05, 0.1) is 22.5 Å². The molecule has 10 heteroatoms. The van der Waals surface area contributed by atoms with Gasteiger partial charge >= 0.3 is 0 Å². The first-order chi connectivity index (χ1) is 20.9. The molecular formula is C33H29F2N3O3S2. The maximum absolute atomic E-state index is 15.1. The first-order valence-electron chi connectivity index (χ1n) is 13.7. The molecule has 5 rings (SSSR count). The molecule has 0 aliphatic heterocycles. The van der Waals surface area contributed by atoms with Crippen LogP contribution in [0.2, 0.25) is 0 Å². The number of ketones is 1. The molecular weight excluding hydrogens is 589 g/mol. The van der Waals surface area contributed by atoms with Crippen molar-refractivity contribution in [2.45, 2.75) is 25.8 Å². The van der Waals surface area contributed by atoms with E-state index in [2.05, 4.69) is 15.3 Å². The molecule has 2 aromatic carbocycles. The standard InChI is InChI=1S/C33H29F2N3O3S2/c1-40-13-12-36-20-25-8-5-23(19-38-25)32-18-29-33(43-32)31(10-11-37-29)41-30-9-4-22(16-28(30)35)15-27(42)17-26(39)14-21-2-6-24(34)7-3-21/h2-11,16,18-19,36H,12-15,17,20H2,1H3. The second-order valence-corrected chi connectivity index (χ2v) is 11.6. The minimum absolute atomic E-state index is 0.0734. The van der Waals surface area contributed by atoms with Gasteiger partial charge in [0.2, 0.25) is 0 Å². The third kappa shape index (κ3) is 8.32. The van der Waals surface area contributed by atoms with Gasteiger partial charge in [-0.1, -0.05) is 36.5 Å². The molecule has 5 aromatic rings. The summed E-state index contributed by atoms with van der Waals surface area (Å²) in [7, 11) is 1.67. The number of aromatic nitrogens is 2. The first kappa shape index (κ1) is 30.5. The highest BCUT2D eigenvalue weighted by Gasteiger charge is 2.15. The molecule has 0 unspecified atom stereocenters. The number of hydrogen-bond donors (Lipinski definition) is 1. The van der Waals surface area contributed by atoms with Crippen LogP contribution >= 0.6 is 23.6 Å². The SMILES string of the molecule is COCCNCc1ccc(-c2cc3nccc(Oc4ccc(CC(=S)CC(=O)Cc5ccc(F)cc5)cc4F)c3s2)cn1. The van der Waals surface area contributed by atoms with E-state index in [9.17, 15) is 9.18 Å². The zero-order chi connectivity index (χ0) is 30.2. The number of nitrogens with one attached hydrogen (secondary N) is 1. The molecule has 0 fully saturated rings. The summed E-state index contributed by atoms with van der Waals surface area (Å²) in [6, 6.07) is 18.2. The van der Waals surface area contributed by atoms with Crippen molar-refractivity contribution in [3.05, 3.63) is 108 Å². The van der Waals surface area contributed by atoms with Crippen LogP contribution in [-0.2, 0) is 28.9 Å². The number of pyridine rings is 2. The van der Waals surface area contributed by atoms with Crippen molar-refractivity contribution in [2.24, 2.45) is 0 Å². The number of thiophene rings is 1. The van der Waals surface area contributed by atoms with Crippen LogP contribution in [0, 0.1) is 11.6 Å². The van der Waals surface area contributed by atoms with Crippen molar-refractivity contribution in [3.63, 3.8) is 0 Å². The van der Waals surface area contributed by atoms with Gasteiger partial charge in [0, 0.05) is 73.2 Å². The Bertz CT molecular complexity index is 1720. The number of carbonyl (C=O) groups is 1. The van der Waals surface area contributed by atoms with Crippen molar-refractivity contribution in [3.8, 4) is 21.9 Å². The van der Waals surface area contributed by atoms with Crippen molar-refractivity contribution >= 4 is 44.4 Å². The van der Waals surface area contributed by atoms with Crippen molar-refractivity contribution in [2.75, 3.05) is 20.3 Å². The molecule has 3 heterocycles. The van der Waals surface area contributed by atoms with E-state index in [1.165, 1.54) is 29.5 Å². The summed E-state index contributed by atoms with van der Waals surface area (Å²) in [5, 5.41) is 3.28. The van der Waals surface area contributed by atoms with E-state index in [4.69, 9.17) is 21.7 Å². The lowest BCUT2D eigenvalue weighted by Gasteiger charge is -2.10. The van der Waals surface area contributed by atoms with Gasteiger partial charge in [-0.25, -0.2) is 8.78 Å². The minimum Gasteiger partial charge on any atom is -0.453 e. The highest BCUT2D eigenvalue weighted by Crippen LogP contribution is 2.39. The number of methoxy groups -OCH3 is 1. The highest BCUT2D eigenvalue weighted by atomic mass is 32.1. The lowest BCUT2D eigenvalue weighted by molar-refractivity contribution is -0.117. The smallest absolute Gasteiger partial charge is 0.166 e. The Balaban J connectivity index is 1.22. The second-order valence-electron chi connectivity index (χ2n) is 9.94. The molecule has 0 bridgehead atoms. The number of Topliss-reactive ketones (excluding diaryl/α,β-unsaturated/α-hetero) is 1. The van der Waals surface area contributed by atoms with Crippen molar-refractivity contribution in [1.29, 1.82) is 0 Å². The van der Waals surface area contributed by atoms with Gasteiger partial charge < -0.3 is 14.8 Å². The Kier molecular flexibility index (Phi) is 10.3. The molecule has 0 aliphatic rings. The maximum Gasteiger partial charge on any atom is 0.166 e. The fraction of sp³-hybridized carbons (Fsp3) is 0.212. The van der Waals surface area contributed by atoms with Crippen molar-refractivity contribution in [1.82, 2.24) is 15.3 Å². The highest BCUT2D eigenvalue weighted by molar-refractivity contribution is 7.80. The molecule has 3 aromatic heterocycles.